The topological polar surface area (TPSA) is 38.8 Å². The lowest BCUT2D eigenvalue weighted by molar-refractivity contribution is -0.141. The van der Waals surface area contributed by atoms with E-state index in [1.807, 2.05) is 29.2 Å². The lowest BCUT2D eigenvalue weighted by atomic mass is 9.91. The van der Waals surface area contributed by atoms with Gasteiger partial charge in [0, 0.05) is 17.4 Å². The van der Waals surface area contributed by atoms with Crippen LogP contribution < -0.4 is 4.74 Å². The summed E-state index contributed by atoms with van der Waals surface area (Å²) in [6, 6.07) is 7.99. The lowest BCUT2D eigenvalue weighted by Crippen LogP contribution is -2.51. The summed E-state index contributed by atoms with van der Waals surface area (Å²) in [6.45, 7) is 2.52. The van der Waals surface area contributed by atoms with Crippen molar-refractivity contribution in [1.29, 1.82) is 0 Å². The van der Waals surface area contributed by atoms with Crippen molar-refractivity contribution in [3.8, 4) is 5.75 Å². The second-order valence-corrected chi connectivity index (χ2v) is 5.79. The molecule has 0 N–H and O–H groups in total. The number of alkyl halides is 1. The Morgan fingerprint density at radius 3 is 3.05 bits per heavy atom. The number of carbonyl (C=O) groups excluding carboxylic acids is 1. The van der Waals surface area contributed by atoms with Crippen LogP contribution in [0, 0.1) is 0 Å². The predicted octanol–water partition coefficient (Wildman–Crippen LogP) is 2.17. The molecule has 20 heavy (non-hydrogen) atoms. The largest absolute Gasteiger partial charge is 0.493 e. The van der Waals surface area contributed by atoms with Gasteiger partial charge in [-0.05, 0) is 12.5 Å². The van der Waals surface area contributed by atoms with Crippen molar-refractivity contribution >= 4 is 21.8 Å². The molecule has 1 aromatic rings. The highest BCUT2D eigenvalue weighted by molar-refractivity contribution is 9.09. The van der Waals surface area contributed by atoms with Gasteiger partial charge in [0.2, 0.25) is 5.91 Å². The third-order valence-corrected chi connectivity index (χ3v) is 4.69. The van der Waals surface area contributed by atoms with Crippen LogP contribution in [-0.4, -0.2) is 48.5 Å². The Labute approximate surface area is 127 Å². The first kappa shape index (κ1) is 13.9. The number of para-hydroxylation sites is 1. The zero-order chi connectivity index (χ0) is 13.9. The van der Waals surface area contributed by atoms with Crippen molar-refractivity contribution in [3.05, 3.63) is 29.8 Å². The van der Waals surface area contributed by atoms with Gasteiger partial charge < -0.3 is 14.4 Å². The Morgan fingerprint density at radius 2 is 2.20 bits per heavy atom. The van der Waals surface area contributed by atoms with E-state index in [1.54, 1.807) is 0 Å². The molecule has 0 aliphatic carbocycles. The minimum Gasteiger partial charge on any atom is -0.493 e. The van der Waals surface area contributed by atoms with Crippen LogP contribution in [0.4, 0.5) is 0 Å². The van der Waals surface area contributed by atoms with Gasteiger partial charge in [0.15, 0.2) is 0 Å². The number of morpholine rings is 1. The first-order valence-electron chi connectivity index (χ1n) is 6.97. The molecule has 0 radical (unpaired) electrons. The van der Waals surface area contributed by atoms with E-state index in [2.05, 4.69) is 15.9 Å². The number of benzene rings is 1. The van der Waals surface area contributed by atoms with E-state index >= 15 is 0 Å². The third kappa shape index (κ3) is 2.56. The number of nitrogens with zero attached hydrogens (tertiary/aromatic N) is 1. The molecule has 4 nitrogen and oxygen atoms in total. The van der Waals surface area contributed by atoms with Crippen LogP contribution in [0.2, 0.25) is 0 Å². The molecule has 108 valence electrons. The van der Waals surface area contributed by atoms with E-state index < -0.39 is 0 Å². The number of amides is 1. The van der Waals surface area contributed by atoms with Crippen LogP contribution in [-0.2, 0) is 9.53 Å². The van der Waals surface area contributed by atoms with Crippen molar-refractivity contribution in [1.82, 2.24) is 4.90 Å². The Bertz CT molecular complexity index is 494. The molecule has 0 spiro atoms. The Morgan fingerprint density at radius 1 is 1.35 bits per heavy atom. The molecule has 1 aromatic carbocycles. The van der Waals surface area contributed by atoms with Crippen LogP contribution in [0.1, 0.15) is 17.9 Å². The summed E-state index contributed by atoms with van der Waals surface area (Å²) in [7, 11) is 0. The molecule has 2 atom stereocenters. The molecule has 1 amide bonds. The summed E-state index contributed by atoms with van der Waals surface area (Å²) < 4.78 is 11.1. The first-order valence-corrected chi connectivity index (χ1v) is 8.09. The van der Waals surface area contributed by atoms with E-state index in [0.29, 0.717) is 26.4 Å². The summed E-state index contributed by atoms with van der Waals surface area (Å²) in [5.41, 5.74) is 1.02. The molecule has 1 fully saturated rings. The molecule has 1 saturated heterocycles. The summed E-state index contributed by atoms with van der Waals surface area (Å²) in [4.78, 5) is 14.8. The maximum absolute atomic E-state index is 12.9. The average Bonchev–Trinajstić information content (AvgIpc) is 2.53. The molecular weight excluding hydrogens is 322 g/mol. The fraction of sp³-hybridized carbons (Fsp3) is 0.533. The molecule has 2 heterocycles. The van der Waals surface area contributed by atoms with E-state index in [-0.39, 0.29) is 17.9 Å². The van der Waals surface area contributed by atoms with E-state index in [1.165, 1.54) is 0 Å². The highest BCUT2D eigenvalue weighted by Crippen LogP contribution is 2.35. The molecule has 2 aliphatic rings. The second-order valence-electron chi connectivity index (χ2n) is 5.14. The van der Waals surface area contributed by atoms with Crippen molar-refractivity contribution in [3.63, 3.8) is 0 Å². The van der Waals surface area contributed by atoms with Crippen molar-refractivity contribution in [2.75, 3.05) is 31.7 Å². The predicted molar refractivity (Wildman–Crippen MR) is 79.4 cm³/mol. The van der Waals surface area contributed by atoms with Crippen LogP contribution >= 0.6 is 15.9 Å². The maximum atomic E-state index is 12.9. The van der Waals surface area contributed by atoms with Gasteiger partial charge in [-0.3, -0.25) is 4.79 Å². The van der Waals surface area contributed by atoms with Gasteiger partial charge in [0.1, 0.15) is 5.75 Å². The van der Waals surface area contributed by atoms with Crippen LogP contribution in [0.5, 0.6) is 5.75 Å². The first-order chi connectivity index (χ1) is 9.81. The summed E-state index contributed by atoms with van der Waals surface area (Å²) in [6.07, 6.45) is 0.752. The number of hydrogen-bond acceptors (Lipinski definition) is 3. The smallest absolute Gasteiger partial charge is 0.230 e. The number of carbonyl (C=O) groups is 1. The lowest BCUT2D eigenvalue weighted by Gasteiger charge is -2.38. The van der Waals surface area contributed by atoms with E-state index in [4.69, 9.17) is 9.47 Å². The van der Waals surface area contributed by atoms with Gasteiger partial charge in [-0.1, -0.05) is 34.1 Å². The molecule has 5 heteroatoms. The highest BCUT2D eigenvalue weighted by atomic mass is 79.9. The van der Waals surface area contributed by atoms with Crippen LogP contribution in [0.3, 0.4) is 0 Å². The fourth-order valence-electron chi connectivity index (χ4n) is 2.87. The quantitative estimate of drug-likeness (QED) is 0.775. The number of halogens is 1. The zero-order valence-electron chi connectivity index (χ0n) is 11.3. The Balaban J connectivity index is 1.84. The number of hydrogen-bond donors (Lipinski definition) is 0. The minimum absolute atomic E-state index is 0.0837. The normalized spacial score (nSPS) is 25.8. The zero-order valence-corrected chi connectivity index (χ0v) is 12.8. The van der Waals surface area contributed by atoms with Crippen LogP contribution in [0.25, 0.3) is 0 Å². The van der Waals surface area contributed by atoms with E-state index in [0.717, 1.165) is 23.1 Å². The van der Waals surface area contributed by atoms with Crippen molar-refractivity contribution in [2.45, 2.75) is 18.4 Å². The highest BCUT2D eigenvalue weighted by Gasteiger charge is 2.35. The number of ether oxygens (including phenoxy) is 2. The molecule has 0 bridgehead atoms. The monoisotopic (exact) mass is 339 g/mol. The number of rotatable bonds is 2. The van der Waals surface area contributed by atoms with Gasteiger partial charge in [-0.2, -0.15) is 0 Å². The number of fused-ring (bicyclic) bond motifs is 1. The van der Waals surface area contributed by atoms with Crippen LogP contribution in [0.15, 0.2) is 24.3 Å². The Hall–Kier alpha value is -1.07. The minimum atomic E-state index is -0.0837. The molecule has 3 rings (SSSR count). The molecule has 2 unspecified atom stereocenters. The summed E-state index contributed by atoms with van der Waals surface area (Å²) in [5.74, 6) is 0.967. The van der Waals surface area contributed by atoms with Crippen molar-refractivity contribution < 1.29 is 14.3 Å². The molecule has 2 aliphatic heterocycles. The van der Waals surface area contributed by atoms with Gasteiger partial charge in [-0.15, -0.1) is 0 Å². The average molecular weight is 340 g/mol. The second kappa shape index (κ2) is 6.14. The van der Waals surface area contributed by atoms with Gasteiger partial charge in [0.05, 0.1) is 31.8 Å². The van der Waals surface area contributed by atoms with Gasteiger partial charge in [-0.25, -0.2) is 0 Å². The van der Waals surface area contributed by atoms with Gasteiger partial charge >= 0.3 is 0 Å². The van der Waals surface area contributed by atoms with Crippen molar-refractivity contribution in [2.24, 2.45) is 0 Å². The maximum Gasteiger partial charge on any atom is 0.230 e. The Kier molecular flexibility index (Phi) is 4.27. The SMILES string of the molecule is O=C(C1CCOc2ccccc21)N1CCOCC1CBr. The fourth-order valence-corrected chi connectivity index (χ4v) is 3.41. The van der Waals surface area contributed by atoms with E-state index in [9.17, 15) is 4.79 Å². The molecular formula is C15H18BrNO3. The molecule has 0 aromatic heterocycles. The molecule has 0 saturated carbocycles. The third-order valence-electron chi connectivity index (χ3n) is 3.95. The van der Waals surface area contributed by atoms with Gasteiger partial charge in [0.25, 0.3) is 0 Å². The summed E-state index contributed by atoms with van der Waals surface area (Å²) in [5, 5.41) is 0.754. The summed E-state index contributed by atoms with van der Waals surface area (Å²) >= 11 is 3.48. The standard InChI is InChI=1S/C15H18BrNO3/c16-9-11-10-19-8-6-17(11)15(18)13-5-7-20-14-4-2-1-3-12(13)14/h1-4,11,13H,5-10H2.